The second-order valence-electron chi connectivity index (χ2n) is 4.60. The molecule has 0 aromatic heterocycles. The topological polar surface area (TPSA) is 20.3 Å². The molecule has 0 bridgehead atoms. The minimum Gasteiger partial charge on any atom is -0.336 e. The molecule has 0 spiro atoms. The Morgan fingerprint density at radius 1 is 1.25 bits per heavy atom. The van der Waals surface area contributed by atoms with Crippen LogP contribution in [-0.2, 0) is 11.3 Å². The highest BCUT2D eigenvalue weighted by Crippen LogP contribution is 2.19. The Labute approximate surface area is 97.3 Å². The predicted molar refractivity (Wildman–Crippen MR) is 64.9 cm³/mol. The predicted octanol–water partition coefficient (Wildman–Crippen LogP) is 2.98. The average Bonchev–Trinajstić information content (AvgIpc) is 2.46. The third kappa shape index (κ3) is 2.63. The summed E-state index contributed by atoms with van der Waals surface area (Å²) >= 11 is 0. The summed E-state index contributed by atoms with van der Waals surface area (Å²) in [6.07, 6.45) is 4.09. The summed E-state index contributed by atoms with van der Waals surface area (Å²) in [6.45, 7) is 2.92. The first-order valence-corrected chi connectivity index (χ1v) is 6.11. The van der Waals surface area contributed by atoms with E-state index in [-0.39, 0.29) is 0 Å². The zero-order valence-corrected chi connectivity index (χ0v) is 9.86. The van der Waals surface area contributed by atoms with Gasteiger partial charge in [-0.1, -0.05) is 36.8 Å². The molecule has 86 valence electrons. The van der Waals surface area contributed by atoms with Crippen LogP contribution in [-0.4, -0.2) is 16.8 Å². The van der Waals surface area contributed by atoms with Crippen LogP contribution in [0.3, 0.4) is 0 Å². The van der Waals surface area contributed by atoms with Crippen molar-refractivity contribution in [2.75, 3.05) is 0 Å². The van der Waals surface area contributed by atoms with Crippen LogP contribution >= 0.6 is 0 Å². The molecule has 0 radical (unpaired) electrons. The van der Waals surface area contributed by atoms with Crippen molar-refractivity contribution in [1.82, 2.24) is 4.90 Å². The third-order valence-electron chi connectivity index (χ3n) is 3.31. The summed E-state index contributed by atoms with van der Waals surface area (Å²) in [5.74, 6) is 0.314. The van der Waals surface area contributed by atoms with Crippen molar-refractivity contribution in [3.63, 3.8) is 0 Å². The molecule has 2 rings (SSSR count). The summed E-state index contributed by atoms with van der Waals surface area (Å²) in [7, 11) is 0. The lowest BCUT2D eigenvalue weighted by molar-refractivity contribution is -0.133. The van der Waals surface area contributed by atoms with Gasteiger partial charge in [0.2, 0.25) is 5.91 Å². The van der Waals surface area contributed by atoms with Gasteiger partial charge in [0.1, 0.15) is 0 Å². The number of nitrogens with zero attached hydrogens (tertiary/aromatic N) is 1. The Morgan fingerprint density at radius 3 is 2.75 bits per heavy atom. The minimum atomic E-state index is 0.314. The molecule has 1 heterocycles. The first-order valence-electron chi connectivity index (χ1n) is 6.11. The molecule has 2 nitrogen and oxygen atoms in total. The Hall–Kier alpha value is -1.31. The number of hydrogen-bond acceptors (Lipinski definition) is 1. The summed E-state index contributed by atoms with van der Waals surface area (Å²) in [5.41, 5.74) is 1.23. The highest BCUT2D eigenvalue weighted by Gasteiger charge is 2.22. The second-order valence-corrected chi connectivity index (χ2v) is 4.60. The Kier molecular flexibility index (Phi) is 3.60. The zero-order valence-electron chi connectivity index (χ0n) is 9.86. The van der Waals surface area contributed by atoms with Crippen molar-refractivity contribution in [3.8, 4) is 0 Å². The van der Waals surface area contributed by atoms with Crippen molar-refractivity contribution < 1.29 is 4.79 Å². The molecule has 1 aromatic carbocycles. The molecule has 1 aliphatic rings. The van der Waals surface area contributed by atoms with Crippen molar-refractivity contribution >= 4 is 5.91 Å². The molecule has 0 aliphatic carbocycles. The van der Waals surface area contributed by atoms with Gasteiger partial charge < -0.3 is 4.90 Å². The molecule has 1 aliphatic heterocycles. The maximum Gasteiger partial charge on any atom is 0.223 e. The molecule has 0 saturated carbocycles. The third-order valence-corrected chi connectivity index (χ3v) is 3.31. The van der Waals surface area contributed by atoms with E-state index in [1.54, 1.807) is 0 Å². The summed E-state index contributed by atoms with van der Waals surface area (Å²) in [5, 5.41) is 0. The van der Waals surface area contributed by atoms with Gasteiger partial charge in [0.05, 0.1) is 0 Å². The largest absolute Gasteiger partial charge is 0.336 e. The van der Waals surface area contributed by atoms with E-state index in [0.717, 1.165) is 25.8 Å². The highest BCUT2D eigenvalue weighted by atomic mass is 16.2. The fourth-order valence-electron chi connectivity index (χ4n) is 2.29. The van der Waals surface area contributed by atoms with Crippen LogP contribution in [0.25, 0.3) is 0 Å². The van der Waals surface area contributed by atoms with Gasteiger partial charge in [-0.2, -0.15) is 0 Å². The molecule has 1 atom stereocenters. The van der Waals surface area contributed by atoms with Gasteiger partial charge in [0.25, 0.3) is 0 Å². The van der Waals surface area contributed by atoms with Crippen LogP contribution in [0.5, 0.6) is 0 Å². The van der Waals surface area contributed by atoms with Crippen molar-refractivity contribution in [2.24, 2.45) is 0 Å². The van der Waals surface area contributed by atoms with E-state index >= 15 is 0 Å². The highest BCUT2D eigenvalue weighted by molar-refractivity contribution is 5.76. The minimum absolute atomic E-state index is 0.314. The molecule has 1 aromatic rings. The van der Waals surface area contributed by atoms with E-state index in [0.29, 0.717) is 11.9 Å². The van der Waals surface area contributed by atoms with E-state index in [1.807, 2.05) is 23.1 Å². The van der Waals surface area contributed by atoms with E-state index in [9.17, 15) is 4.79 Å². The van der Waals surface area contributed by atoms with Gasteiger partial charge in [-0.25, -0.2) is 0 Å². The number of carbonyl (C=O) groups is 1. The van der Waals surface area contributed by atoms with Crippen LogP contribution in [0.2, 0.25) is 0 Å². The lowest BCUT2D eigenvalue weighted by atomic mass is 10.1. The molecule has 16 heavy (non-hydrogen) atoms. The number of benzene rings is 1. The first kappa shape index (κ1) is 11.2. The number of likely N-dealkylation sites (tertiary alicyclic amines) is 1. The number of amides is 1. The van der Waals surface area contributed by atoms with Crippen molar-refractivity contribution in [3.05, 3.63) is 35.9 Å². The smallest absolute Gasteiger partial charge is 0.223 e. The van der Waals surface area contributed by atoms with Crippen LogP contribution in [0, 0.1) is 0 Å². The Balaban J connectivity index is 2.09. The van der Waals surface area contributed by atoms with Gasteiger partial charge in [-0.05, 0) is 25.3 Å². The van der Waals surface area contributed by atoms with Gasteiger partial charge in [0, 0.05) is 19.0 Å². The Bertz CT molecular complexity index is 347. The van der Waals surface area contributed by atoms with Gasteiger partial charge in [0.15, 0.2) is 0 Å². The summed E-state index contributed by atoms with van der Waals surface area (Å²) in [6, 6.07) is 10.6. The SMILES string of the molecule is C[C@H]1CCCCC(=O)N1Cc1ccccc1. The Morgan fingerprint density at radius 2 is 2.00 bits per heavy atom. The standard InChI is InChI=1S/C14H19NO/c1-12-7-5-6-10-14(16)15(12)11-13-8-3-2-4-9-13/h2-4,8-9,12H,5-7,10-11H2,1H3/t12-/m0/s1. The lowest BCUT2D eigenvalue weighted by Gasteiger charge is -2.27. The average molecular weight is 217 g/mol. The fraction of sp³-hybridized carbons (Fsp3) is 0.500. The van der Waals surface area contributed by atoms with Crippen molar-refractivity contribution in [2.45, 2.75) is 45.2 Å². The van der Waals surface area contributed by atoms with Crippen LogP contribution in [0.1, 0.15) is 38.2 Å². The molecular formula is C14H19NO. The second kappa shape index (κ2) is 5.15. The maximum absolute atomic E-state index is 12.0. The molecule has 1 amide bonds. The number of hydrogen-bond donors (Lipinski definition) is 0. The van der Waals surface area contributed by atoms with Gasteiger partial charge >= 0.3 is 0 Å². The van der Waals surface area contributed by atoms with Crippen LogP contribution in [0.15, 0.2) is 30.3 Å². The normalized spacial score (nSPS) is 21.9. The quantitative estimate of drug-likeness (QED) is 0.745. The van der Waals surface area contributed by atoms with Crippen LogP contribution in [0.4, 0.5) is 0 Å². The molecule has 0 N–H and O–H groups in total. The molecule has 2 heteroatoms. The first-order chi connectivity index (χ1) is 7.77. The van der Waals surface area contributed by atoms with Crippen LogP contribution < -0.4 is 0 Å². The zero-order chi connectivity index (χ0) is 11.4. The van der Waals surface area contributed by atoms with E-state index in [4.69, 9.17) is 0 Å². The molecule has 1 fully saturated rings. The molecule has 0 unspecified atom stereocenters. The fourth-order valence-corrected chi connectivity index (χ4v) is 2.29. The van der Waals surface area contributed by atoms with Gasteiger partial charge in [-0.3, -0.25) is 4.79 Å². The molecule has 1 saturated heterocycles. The van der Waals surface area contributed by atoms with Gasteiger partial charge in [-0.15, -0.1) is 0 Å². The van der Waals surface area contributed by atoms with Crippen molar-refractivity contribution in [1.29, 1.82) is 0 Å². The number of carbonyl (C=O) groups excluding carboxylic acids is 1. The monoisotopic (exact) mass is 217 g/mol. The summed E-state index contributed by atoms with van der Waals surface area (Å²) in [4.78, 5) is 14.0. The maximum atomic E-state index is 12.0. The summed E-state index contributed by atoms with van der Waals surface area (Å²) < 4.78 is 0. The van der Waals surface area contributed by atoms with E-state index in [2.05, 4.69) is 19.1 Å². The van der Waals surface area contributed by atoms with E-state index < -0.39 is 0 Å². The van der Waals surface area contributed by atoms with E-state index in [1.165, 1.54) is 12.0 Å². The molecular weight excluding hydrogens is 198 g/mol. The lowest BCUT2D eigenvalue weighted by Crippen LogP contribution is -2.36. The number of rotatable bonds is 2.